The van der Waals surface area contributed by atoms with Gasteiger partial charge in [-0.2, -0.15) is 5.26 Å². The van der Waals surface area contributed by atoms with Crippen LogP contribution < -0.4 is 5.32 Å². The van der Waals surface area contributed by atoms with Gasteiger partial charge in [-0.25, -0.2) is 0 Å². The van der Waals surface area contributed by atoms with E-state index in [0.29, 0.717) is 24.5 Å². The molecule has 0 spiro atoms. The molecule has 0 bridgehead atoms. The summed E-state index contributed by atoms with van der Waals surface area (Å²) in [5.41, 5.74) is 0. The van der Waals surface area contributed by atoms with Crippen LogP contribution in [-0.4, -0.2) is 36.6 Å². The van der Waals surface area contributed by atoms with Gasteiger partial charge in [-0.05, 0) is 30.7 Å². The number of likely N-dealkylation sites (tertiary alicyclic amines) is 1. The third kappa shape index (κ3) is 4.06. The van der Waals surface area contributed by atoms with Gasteiger partial charge in [0.15, 0.2) is 0 Å². The van der Waals surface area contributed by atoms with Gasteiger partial charge < -0.3 is 5.32 Å². The molecule has 3 nitrogen and oxygen atoms in total. The fourth-order valence-corrected chi connectivity index (χ4v) is 4.71. The van der Waals surface area contributed by atoms with Gasteiger partial charge >= 0.3 is 0 Å². The Morgan fingerprint density at radius 1 is 1.24 bits per heavy atom. The van der Waals surface area contributed by atoms with Crippen molar-refractivity contribution >= 4 is 11.3 Å². The lowest BCUT2D eigenvalue weighted by Crippen LogP contribution is -2.51. The number of piperidine rings is 1. The van der Waals surface area contributed by atoms with E-state index in [1.165, 1.54) is 43.4 Å². The molecule has 2 atom stereocenters. The Morgan fingerprint density at radius 2 is 2.10 bits per heavy atom. The van der Waals surface area contributed by atoms with Gasteiger partial charge in [-0.3, -0.25) is 4.90 Å². The van der Waals surface area contributed by atoms with Crippen molar-refractivity contribution in [2.24, 2.45) is 0 Å². The summed E-state index contributed by atoms with van der Waals surface area (Å²) >= 11 is 1.86. The van der Waals surface area contributed by atoms with Crippen LogP contribution in [0.2, 0.25) is 0 Å². The van der Waals surface area contributed by atoms with E-state index in [9.17, 15) is 0 Å². The summed E-state index contributed by atoms with van der Waals surface area (Å²) in [5.74, 6) is 0.591. The first-order valence-electron chi connectivity index (χ1n) is 8.24. The molecule has 0 radical (unpaired) electrons. The van der Waals surface area contributed by atoms with Crippen molar-refractivity contribution < 1.29 is 0 Å². The molecule has 1 aliphatic heterocycles. The summed E-state index contributed by atoms with van der Waals surface area (Å²) in [4.78, 5) is 3.81. The molecule has 2 heterocycles. The summed E-state index contributed by atoms with van der Waals surface area (Å²) in [6, 6.07) is 7.97. The van der Waals surface area contributed by atoms with Crippen molar-refractivity contribution in [3.8, 4) is 6.07 Å². The van der Waals surface area contributed by atoms with E-state index in [1.807, 2.05) is 11.3 Å². The van der Waals surface area contributed by atoms with Gasteiger partial charge in [0.2, 0.25) is 0 Å². The first-order chi connectivity index (χ1) is 10.3. The van der Waals surface area contributed by atoms with E-state index in [0.717, 1.165) is 13.1 Å². The summed E-state index contributed by atoms with van der Waals surface area (Å²) in [5, 5.41) is 15.1. The number of rotatable bonds is 4. The van der Waals surface area contributed by atoms with Gasteiger partial charge in [-0.1, -0.05) is 25.3 Å². The molecule has 1 saturated carbocycles. The van der Waals surface area contributed by atoms with Crippen LogP contribution in [0, 0.1) is 11.3 Å². The van der Waals surface area contributed by atoms with E-state index < -0.39 is 0 Å². The van der Waals surface area contributed by atoms with E-state index in [2.05, 4.69) is 33.8 Å². The molecule has 0 aromatic carbocycles. The van der Waals surface area contributed by atoms with Crippen LogP contribution in [0.3, 0.4) is 0 Å². The second kappa shape index (κ2) is 7.40. The van der Waals surface area contributed by atoms with Crippen molar-refractivity contribution in [1.29, 1.82) is 5.26 Å². The Hall–Kier alpha value is -0.890. The number of nitrogens with one attached hydrogen (secondary N) is 1. The molecule has 2 unspecified atom stereocenters. The summed E-state index contributed by atoms with van der Waals surface area (Å²) in [6.45, 7) is 2.63. The van der Waals surface area contributed by atoms with Crippen LogP contribution in [-0.2, 0) is 0 Å². The van der Waals surface area contributed by atoms with E-state index in [4.69, 9.17) is 5.26 Å². The molecular weight excluding hydrogens is 278 g/mol. The van der Waals surface area contributed by atoms with Crippen molar-refractivity contribution in [2.75, 3.05) is 19.6 Å². The molecule has 2 fully saturated rings. The molecule has 1 aliphatic carbocycles. The maximum absolute atomic E-state index is 9.03. The Labute approximate surface area is 132 Å². The lowest BCUT2D eigenvalue weighted by atomic mass is 9.90. The predicted molar refractivity (Wildman–Crippen MR) is 87.5 cm³/mol. The van der Waals surface area contributed by atoms with Gasteiger partial charge in [-0.15, -0.1) is 11.3 Å². The first-order valence-corrected chi connectivity index (χ1v) is 9.12. The lowest BCUT2D eigenvalue weighted by Gasteiger charge is -2.39. The highest BCUT2D eigenvalue weighted by molar-refractivity contribution is 7.10. The third-order valence-electron chi connectivity index (χ3n) is 4.84. The monoisotopic (exact) mass is 303 g/mol. The van der Waals surface area contributed by atoms with Crippen molar-refractivity contribution in [2.45, 2.75) is 56.5 Å². The van der Waals surface area contributed by atoms with E-state index in [-0.39, 0.29) is 0 Å². The smallest absolute Gasteiger partial charge is 0.0866 e. The zero-order chi connectivity index (χ0) is 14.5. The predicted octanol–water partition coefficient (Wildman–Crippen LogP) is 3.35. The summed E-state index contributed by atoms with van der Waals surface area (Å²) < 4.78 is 0. The molecule has 1 saturated heterocycles. The Morgan fingerprint density at radius 3 is 2.81 bits per heavy atom. The van der Waals surface area contributed by atoms with Gasteiger partial charge in [0.05, 0.1) is 12.6 Å². The first kappa shape index (κ1) is 15.0. The molecule has 1 N–H and O–H groups in total. The number of hydrogen-bond donors (Lipinski definition) is 1. The molecule has 1 aromatic heterocycles. The van der Waals surface area contributed by atoms with Crippen molar-refractivity contribution in [3.05, 3.63) is 22.4 Å². The molecule has 4 heteroatoms. The fourth-order valence-electron chi connectivity index (χ4n) is 3.87. The normalized spacial score (nSPS) is 28.3. The van der Waals surface area contributed by atoms with Crippen LogP contribution in [0.25, 0.3) is 0 Å². The average molecular weight is 303 g/mol. The topological polar surface area (TPSA) is 39.1 Å². The highest BCUT2D eigenvalue weighted by atomic mass is 32.1. The Kier molecular flexibility index (Phi) is 5.29. The van der Waals surface area contributed by atoms with Crippen molar-refractivity contribution in [1.82, 2.24) is 10.2 Å². The van der Waals surface area contributed by atoms with Crippen LogP contribution in [0.1, 0.15) is 49.3 Å². The van der Waals surface area contributed by atoms with Crippen molar-refractivity contribution in [3.63, 3.8) is 0 Å². The standard InChI is InChI=1S/C17H25N3S/c18-8-9-20-12-14(17-7-4-10-21-17)11-16(13-20)19-15-5-2-1-3-6-15/h4,7,10,14-16,19H,1-3,5-6,9,11-13H2. The molecule has 3 rings (SSSR count). The zero-order valence-corrected chi connectivity index (χ0v) is 13.4. The molecule has 1 aromatic rings. The maximum atomic E-state index is 9.03. The molecule has 21 heavy (non-hydrogen) atoms. The Balaban J connectivity index is 1.63. The zero-order valence-electron chi connectivity index (χ0n) is 12.6. The van der Waals surface area contributed by atoms with Crippen LogP contribution >= 0.6 is 11.3 Å². The average Bonchev–Trinajstić information content (AvgIpc) is 3.03. The second-order valence-electron chi connectivity index (χ2n) is 6.50. The minimum absolute atomic E-state index is 0.544. The maximum Gasteiger partial charge on any atom is 0.0866 e. The third-order valence-corrected chi connectivity index (χ3v) is 5.88. The highest BCUT2D eigenvalue weighted by Crippen LogP contribution is 2.31. The largest absolute Gasteiger partial charge is 0.310 e. The van der Waals surface area contributed by atoms with Gasteiger partial charge in [0.25, 0.3) is 0 Å². The van der Waals surface area contributed by atoms with E-state index >= 15 is 0 Å². The van der Waals surface area contributed by atoms with Crippen LogP contribution in [0.15, 0.2) is 17.5 Å². The minimum Gasteiger partial charge on any atom is -0.310 e. The SMILES string of the molecule is N#CCN1CC(NC2CCCCC2)CC(c2cccs2)C1. The van der Waals surface area contributed by atoms with E-state index in [1.54, 1.807) is 0 Å². The molecule has 114 valence electrons. The number of hydrogen-bond acceptors (Lipinski definition) is 4. The summed E-state index contributed by atoms with van der Waals surface area (Å²) in [6.07, 6.45) is 8.04. The quantitative estimate of drug-likeness (QED) is 0.867. The molecule has 2 aliphatic rings. The van der Waals surface area contributed by atoms with Gasteiger partial charge in [0.1, 0.15) is 0 Å². The summed E-state index contributed by atoms with van der Waals surface area (Å²) in [7, 11) is 0. The Bertz CT molecular complexity index is 459. The lowest BCUT2D eigenvalue weighted by molar-refractivity contribution is 0.174. The number of nitrogens with zero attached hydrogens (tertiary/aromatic N) is 2. The van der Waals surface area contributed by atoms with Gasteiger partial charge in [0, 0.05) is 36.0 Å². The second-order valence-corrected chi connectivity index (χ2v) is 7.48. The fraction of sp³-hybridized carbons (Fsp3) is 0.706. The molecular formula is C17H25N3S. The number of thiophene rings is 1. The minimum atomic E-state index is 0.544. The molecule has 0 amide bonds. The highest BCUT2D eigenvalue weighted by Gasteiger charge is 2.30. The number of nitriles is 1. The van der Waals surface area contributed by atoms with Crippen LogP contribution in [0.4, 0.5) is 0 Å². The van der Waals surface area contributed by atoms with Crippen LogP contribution in [0.5, 0.6) is 0 Å².